The molecular weight excluding hydrogens is 346 g/mol. The molecule has 0 aliphatic carbocycles. The molecule has 5 heteroatoms. The lowest BCUT2D eigenvalue weighted by Crippen LogP contribution is -2.31. The summed E-state index contributed by atoms with van der Waals surface area (Å²) >= 11 is 0. The molecule has 3 aromatic rings. The minimum atomic E-state index is 0.959. The third-order valence-electron chi connectivity index (χ3n) is 5.57. The maximum Gasteiger partial charge on any atom is 0.0719 e. The van der Waals surface area contributed by atoms with Crippen molar-refractivity contribution in [2.45, 2.75) is 33.7 Å². The highest BCUT2D eigenvalue weighted by molar-refractivity contribution is 5.52. The normalized spacial score (nSPS) is 15.6. The number of anilines is 1. The van der Waals surface area contributed by atoms with E-state index in [1.807, 2.05) is 35.5 Å². The molecule has 1 aliphatic rings. The fraction of sp³-hybridized carbons (Fsp3) is 0.391. The third-order valence-corrected chi connectivity index (χ3v) is 5.57. The van der Waals surface area contributed by atoms with Crippen molar-refractivity contribution in [2.24, 2.45) is 0 Å². The Morgan fingerprint density at radius 2 is 1.86 bits per heavy atom. The smallest absolute Gasteiger partial charge is 0.0719 e. The molecule has 4 rings (SSSR count). The summed E-state index contributed by atoms with van der Waals surface area (Å²) < 4.78 is 2.01. The van der Waals surface area contributed by atoms with Gasteiger partial charge in [0.25, 0.3) is 0 Å². The molecule has 0 atom stereocenters. The Labute approximate surface area is 167 Å². The first-order valence-corrected chi connectivity index (χ1v) is 10.1. The molecule has 28 heavy (non-hydrogen) atoms. The van der Waals surface area contributed by atoms with Crippen molar-refractivity contribution in [3.8, 4) is 5.69 Å². The Morgan fingerprint density at radius 1 is 0.964 bits per heavy atom. The molecule has 0 unspecified atom stereocenters. The van der Waals surface area contributed by atoms with Gasteiger partial charge in [0.1, 0.15) is 0 Å². The van der Waals surface area contributed by atoms with Gasteiger partial charge in [0, 0.05) is 63.2 Å². The summed E-state index contributed by atoms with van der Waals surface area (Å²) in [5.74, 6) is 0. The molecule has 1 fully saturated rings. The third kappa shape index (κ3) is 3.94. The number of hydrogen-bond acceptors (Lipinski definition) is 4. The topological polar surface area (TPSA) is 37.2 Å². The van der Waals surface area contributed by atoms with E-state index in [0.29, 0.717) is 0 Å². The summed E-state index contributed by atoms with van der Waals surface area (Å²) in [6, 6.07) is 8.70. The predicted octanol–water partition coefficient (Wildman–Crippen LogP) is 3.90. The van der Waals surface area contributed by atoms with Crippen molar-refractivity contribution < 1.29 is 0 Å². The van der Waals surface area contributed by atoms with E-state index in [0.717, 1.165) is 32.7 Å². The van der Waals surface area contributed by atoms with Crippen LogP contribution >= 0.6 is 0 Å². The van der Waals surface area contributed by atoms with Gasteiger partial charge in [-0.1, -0.05) is 17.7 Å². The van der Waals surface area contributed by atoms with Crippen molar-refractivity contribution >= 4 is 5.69 Å². The molecule has 0 spiro atoms. The average molecular weight is 376 g/mol. The number of aryl methyl sites for hydroxylation is 3. The summed E-state index contributed by atoms with van der Waals surface area (Å²) in [6.45, 7) is 11.8. The molecular formula is C23H29N5. The van der Waals surface area contributed by atoms with Crippen LogP contribution in [0.4, 0.5) is 5.69 Å². The molecule has 2 aromatic heterocycles. The van der Waals surface area contributed by atoms with Crippen molar-refractivity contribution in [3.05, 3.63) is 71.3 Å². The zero-order valence-electron chi connectivity index (χ0n) is 17.1. The fourth-order valence-electron chi connectivity index (χ4n) is 4.33. The first-order valence-electron chi connectivity index (χ1n) is 10.1. The van der Waals surface area contributed by atoms with E-state index in [-0.39, 0.29) is 0 Å². The molecule has 146 valence electrons. The van der Waals surface area contributed by atoms with E-state index >= 15 is 0 Å². The number of nitrogens with zero attached hydrogens (tertiary/aromatic N) is 5. The van der Waals surface area contributed by atoms with Crippen LogP contribution in [-0.4, -0.2) is 45.8 Å². The fourth-order valence-corrected chi connectivity index (χ4v) is 4.33. The number of pyridine rings is 1. The molecule has 1 aromatic carbocycles. The van der Waals surface area contributed by atoms with Gasteiger partial charge in [0.05, 0.1) is 5.69 Å². The second-order valence-electron chi connectivity index (χ2n) is 7.82. The van der Waals surface area contributed by atoms with Crippen molar-refractivity contribution in [3.63, 3.8) is 0 Å². The molecule has 0 saturated carbocycles. The second kappa shape index (κ2) is 8.15. The number of rotatable bonds is 4. The lowest BCUT2D eigenvalue weighted by Gasteiger charge is -2.25. The summed E-state index contributed by atoms with van der Waals surface area (Å²) in [7, 11) is 0. The van der Waals surface area contributed by atoms with Gasteiger partial charge in [0.2, 0.25) is 0 Å². The van der Waals surface area contributed by atoms with Gasteiger partial charge < -0.3 is 4.90 Å². The average Bonchev–Trinajstić information content (AvgIpc) is 3.08. The van der Waals surface area contributed by atoms with Crippen LogP contribution in [0, 0.1) is 20.8 Å². The first kappa shape index (κ1) is 18.7. The first-order chi connectivity index (χ1) is 13.6. The van der Waals surface area contributed by atoms with Gasteiger partial charge in [0.15, 0.2) is 0 Å². The predicted molar refractivity (Wildman–Crippen MR) is 114 cm³/mol. The van der Waals surface area contributed by atoms with Gasteiger partial charge in [-0.15, -0.1) is 0 Å². The SMILES string of the molecule is Cc1cc(C)c(-n2cccn2)c(CN2CCCN(c3ccncc3C)CC2)c1. The highest BCUT2D eigenvalue weighted by Crippen LogP contribution is 2.24. The van der Waals surface area contributed by atoms with Crippen LogP contribution in [0.2, 0.25) is 0 Å². The number of benzene rings is 1. The van der Waals surface area contributed by atoms with Crippen molar-refractivity contribution in [1.29, 1.82) is 0 Å². The minimum absolute atomic E-state index is 0.959. The molecule has 1 aliphatic heterocycles. The van der Waals surface area contributed by atoms with E-state index in [9.17, 15) is 0 Å². The standard InChI is InChI=1S/C23H29N5/c1-18-14-19(2)23(28-11-4-7-25-28)21(15-18)17-26-9-5-10-27(13-12-26)22-6-8-24-16-20(22)3/h4,6-8,11,14-16H,5,9-10,12-13,17H2,1-3H3. The Kier molecular flexibility index (Phi) is 5.44. The van der Waals surface area contributed by atoms with Crippen molar-refractivity contribution in [2.75, 3.05) is 31.1 Å². The Hall–Kier alpha value is -2.66. The van der Waals surface area contributed by atoms with Gasteiger partial charge in [-0.25, -0.2) is 4.68 Å². The minimum Gasteiger partial charge on any atom is -0.370 e. The summed E-state index contributed by atoms with van der Waals surface area (Å²) in [4.78, 5) is 9.33. The van der Waals surface area contributed by atoms with E-state index in [1.54, 1.807) is 0 Å². The summed E-state index contributed by atoms with van der Waals surface area (Å²) in [5.41, 5.74) is 7.75. The molecule has 3 heterocycles. The van der Waals surface area contributed by atoms with Gasteiger partial charge in [-0.2, -0.15) is 5.10 Å². The van der Waals surface area contributed by atoms with Crippen molar-refractivity contribution in [1.82, 2.24) is 19.7 Å². The maximum atomic E-state index is 4.49. The quantitative estimate of drug-likeness (QED) is 0.693. The Bertz CT molecular complexity index is 932. The lowest BCUT2D eigenvalue weighted by molar-refractivity contribution is 0.285. The van der Waals surface area contributed by atoms with Gasteiger partial charge in [-0.3, -0.25) is 9.88 Å². The second-order valence-corrected chi connectivity index (χ2v) is 7.82. The number of hydrogen-bond donors (Lipinski definition) is 0. The highest BCUT2D eigenvalue weighted by Gasteiger charge is 2.19. The molecule has 1 saturated heterocycles. The van der Waals surface area contributed by atoms with E-state index in [4.69, 9.17) is 0 Å². The maximum absolute atomic E-state index is 4.49. The van der Waals surface area contributed by atoms with Crippen LogP contribution in [-0.2, 0) is 6.54 Å². The largest absolute Gasteiger partial charge is 0.370 e. The van der Waals surface area contributed by atoms with E-state index in [2.05, 4.69) is 58.9 Å². The van der Waals surface area contributed by atoms with Crippen LogP contribution in [0.3, 0.4) is 0 Å². The summed E-state index contributed by atoms with van der Waals surface area (Å²) in [6.07, 6.45) is 8.92. The van der Waals surface area contributed by atoms with E-state index < -0.39 is 0 Å². The van der Waals surface area contributed by atoms with Gasteiger partial charge >= 0.3 is 0 Å². The Morgan fingerprint density at radius 3 is 2.64 bits per heavy atom. The summed E-state index contributed by atoms with van der Waals surface area (Å²) in [5, 5.41) is 4.49. The lowest BCUT2D eigenvalue weighted by atomic mass is 10.0. The van der Waals surface area contributed by atoms with Crippen LogP contribution in [0.1, 0.15) is 28.7 Å². The van der Waals surface area contributed by atoms with Gasteiger partial charge in [-0.05, 0) is 56.0 Å². The number of aromatic nitrogens is 3. The van der Waals surface area contributed by atoms with Crippen LogP contribution in [0.15, 0.2) is 49.1 Å². The molecule has 5 nitrogen and oxygen atoms in total. The molecule has 0 bridgehead atoms. The van der Waals surface area contributed by atoms with Crippen LogP contribution in [0.5, 0.6) is 0 Å². The Balaban J connectivity index is 1.53. The molecule has 0 radical (unpaired) electrons. The van der Waals surface area contributed by atoms with Crippen LogP contribution < -0.4 is 4.90 Å². The monoisotopic (exact) mass is 375 g/mol. The van der Waals surface area contributed by atoms with Crippen LogP contribution in [0.25, 0.3) is 5.69 Å². The molecule has 0 N–H and O–H groups in total. The van der Waals surface area contributed by atoms with E-state index in [1.165, 1.54) is 40.0 Å². The highest BCUT2D eigenvalue weighted by atomic mass is 15.3. The zero-order valence-corrected chi connectivity index (χ0v) is 17.1. The molecule has 0 amide bonds. The zero-order chi connectivity index (χ0) is 19.5.